The van der Waals surface area contributed by atoms with Gasteiger partial charge < -0.3 is 12.5 Å². The Hall–Kier alpha value is -3.42. The van der Waals surface area contributed by atoms with Crippen LogP contribution in [0.2, 0.25) is 0 Å². The van der Waals surface area contributed by atoms with Gasteiger partial charge in [-0.2, -0.15) is 144 Å². The van der Waals surface area contributed by atoms with Crippen molar-refractivity contribution >= 4 is 30.4 Å². The smallest absolute Gasteiger partial charge is 0.374 e. The van der Waals surface area contributed by atoms with Crippen LogP contribution >= 0.6 is 0 Å². The van der Waals surface area contributed by atoms with E-state index in [9.17, 15) is 144 Å². The van der Waals surface area contributed by atoms with Gasteiger partial charge in [0.1, 0.15) is 0 Å². The summed E-state index contributed by atoms with van der Waals surface area (Å²) in [5.74, 6) is -61.7. The van der Waals surface area contributed by atoms with E-state index in [1.165, 1.54) is 0 Å². The lowest BCUT2D eigenvalue weighted by Gasteiger charge is -2.33. The average Bonchev–Trinajstić information content (AvgIpc) is 2.95. The van der Waals surface area contributed by atoms with E-state index in [2.05, 4.69) is 12.5 Å². The fourth-order valence-electron chi connectivity index (χ4n) is 2.77. The molecule has 0 radical (unpaired) electrons. The Bertz CT molecular complexity index is 1910. The summed E-state index contributed by atoms with van der Waals surface area (Å²) in [5, 5.41) is -25.0. The van der Waals surface area contributed by atoms with Crippen molar-refractivity contribution in [2.75, 3.05) is 0 Å². The Morgan fingerprint density at radius 2 is 0.509 bits per heavy atom. The van der Waals surface area contributed by atoms with Gasteiger partial charge in [-0.05, 0) is 12.1 Å². The minimum atomic E-state index is -9.00. The van der Waals surface area contributed by atoms with Gasteiger partial charge in [0.2, 0.25) is 5.75 Å². The van der Waals surface area contributed by atoms with Gasteiger partial charge in [-0.15, -0.1) is 0 Å². The Morgan fingerprint density at radius 3 is 0.702 bits per heavy atom. The van der Waals surface area contributed by atoms with Crippen molar-refractivity contribution < 1.29 is 156 Å². The number of rotatable bonds is 15. The van der Waals surface area contributed by atoms with E-state index < -0.39 is 136 Å². The van der Waals surface area contributed by atoms with Gasteiger partial charge in [-0.1, -0.05) is 6.07 Å². The van der Waals surface area contributed by atoms with E-state index in [1.807, 2.05) is 0 Å². The Balaban J connectivity index is 4.37. The molecule has 0 aliphatic heterocycles. The molecule has 39 heteroatoms. The lowest BCUT2D eigenvalue weighted by atomic mass is 10.1. The number of halogens is 27. The van der Waals surface area contributed by atoms with Crippen LogP contribution in [0.3, 0.4) is 0 Å². The maximum absolute atomic E-state index is 14.2. The number of hydrogen-bond donors (Lipinski definition) is 0. The van der Waals surface area contributed by atoms with Crippen molar-refractivity contribution in [2.24, 2.45) is 0 Å². The van der Waals surface area contributed by atoms with E-state index in [0.717, 1.165) is 0 Å². The van der Waals surface area contributed by atoms with Crippen molar-refractivity contribution in [3.8, 4) is 17.2 Å². The second kappa shape index (κ2) is 13.6. The van der Waals surface area contributed by atoms with E-state index in [1.54, 1.807) is 0 Å². The molecule has 0 atom stereocenters. The molecule has 1 aromatic rings. The van der Waals surface area contributed by atoms with Gasteiger partial charge in [0.25, 0.3) is 0 Å². The van der Waals surface area contributed by atoms with Crippen LogP contribution in [0.4, 0.5) is 119 Å². The Labute approximate surface area is 292 Å². The standard InChI is InChI=1S/C18H3F27O9S3/c19-7(20,13(31,32)33)10(25,26)16(40,41)55(46,47)52-4-2-1-3-5(53-56(48,49)17(42,43)11(27,28)8(21,22)14(34,35)36)6(4)54-57(50,51)18(44,45)12(29,30)9(23,24)15(37,38)39/h1-3H. The Kier molecular flexibility index (Phi) is 12.3. The molecule has 1 rings (SSSR count). The summed E-state index contributed by atoms with van der Waals surface area (Å²) in [5.41, 5.74) is 0. The van der Waals surface area contributed by atoms with E-state index in [0.29, 0.717) is 0 Å². The molecule has 0 saturated heterocycles. The third-order valence-corrected chi connectivity index (χ3v) is 9.66. The Morgan fingerprint density at radius 1 is 0.316 bits per heavy atom. The normalized spacial score (nSPS) is 16.1. The molecule has 0 unspecified atom stereocenters. The third kappa shape index (κ3) is 7.54. The first-order valence-electron chi connectivity index (χ1n) is 11.8. The van der Waals surface area contributed by atoms with Gasteiger partial charge in [-0.3, -0.25) is 0 Å². The SMILES string of the molecule is O=S(=O)(Oc1cccc(OS(=O)(=O)C(F)(F)C(F)(F)C(F)(F)C(F)(F)F)c1OS(=O)(=O)C(F)(F)C(F)(F)C(F)(F)C(F)(F)F)C(F)(F)C(F)(F)C(F)(F)C(F)(F)F. The fourth-order valence-corrected chi connectivity index (χ4v) is 5.52. The zero-order valence-corrected chi connectivity index (χ0v) is 26.8. The van der Waals surface area contributed by atoms with E-state index >= 15 is 0 Å². The van der Waals surface area contributed by atoms with Gasteiger partial charge in [0.05, 0.1) is 0 Å². The van der Waals surface area contributed by atoms with Crippen LogP contribution in [0.25, 0.3) is 0 Å². The van der Waals surface area contributed by atoms with Crippen molar-refractivity contribution in [1.82, 2.24) is 0 Å². The zero-order valence-electron chi connectivity index (χ0n) is 24.3. The largest absolute Gasteiger partial charge is 0.460 e. The molecule has 9 nitrogen and oxygen atoms in total. The molecule has 57 heavy (non-hydrogen) atoms. The summed E-state index contributed by atoms with van der Waals surface area (Å²) in [6, 6.07) is -2.95. The maximum Gasteiger partial charge on any atom is 0.460 e. The lowest BCUT2D eigenvalue weighted by molar-refractivity contribution is -0.382. The topological polar surface area (TPSA) is 130 Å². The van der Waals surface area contributed by atoms with Crippen LogP contribution in [-0.4, -0.2) is 95.1 Å². The molecule has 0 aromatic heterocycles. The molecule has 0 aliphatic rings. The van der Waals surface area contributed by atoms with Crippen molar-refractivity contribution in [2.45, 2.75) is 69.8 Å². The fraction of sp³-hybridized carbons (Fsp3) is 0.667. The van der Waals surface area contributed by atoms with Crippen molar-refractivity contribution in [3.63, 3.8) is 0 Å². The highest BCUT2D eigenvalue weighted by atomic mass is 32.2. The predicted octanol–water partition coefficient (Wildman–Crippen LogP) is 8.09. The molecule has 336 valence electrons. The molecular weight excluding hydrogens is 969 g/mol. The molecule has 1 aromatic carbocycles. The zero-order chi connectivity index (χ0) is 46.5. The second-order valence-electron chi connectivity index (χ2n) is 9.69. The van der Waals surface area contributed by atoms with Gasteiger partial charge in [0, 0.05) is 0 Å². The van der Waals surface area contributed by atoms with Crippen molar-refractivity contribution in [3.05, 3.63) is 18.2 Å². The summed E-state index contributed by atoms with van der Waals surface area (Å²) in [7, 11) is -26.6. The molecular formula is C18H3F27O9S3. The highest BCUT2D eigenvalue weighted by Crippen LogP contribution is 2.59. The highest BCUT2D eigenvalue weighted by molar-refractivity contribution is 7.89. The van der Waals surface area contributed by atoms with Crippen LogP contribution in [0.15, 0.2) is 18.2 Å². The number of para-hydroxylation sites is 1. The predicted molar refractivity (Wildman–Crippen MR) is 118 cm³/mol. The van der Waals surface area contributed by atoms with Crippen LogP contribution in [0.1, 0.15) is 0 Å². The second-order valence-corrected chi connectivity index (χ2v) is 14.4. The minimum Gasteiger partial charge on any atom is -0.374 e. The number of hydrogen-bond acceptors (Lipinski definition) is 9. The van der Waals surface area contributed by atoms with E-state index in [4.69, 9.17) is 0 Å². The molecule has 0 heterocycles. The summed E-state index contributed by atoms with van der Waals surface area (Å²) >= 11 is 0. The monoisotopic (exact) mass is 972 g/mol. The molecule has 0 amide bonds. The number of benzene rings is 1. The summed E-state index contributed by atoms with van der Waals surface area (Å²) in [4.78, 5) is 0. The molecule has 0 N–H and O–H groups in total. The van der Waals surface area contributed by atoms with E-state index in [-0.39, 0.29) is 0 Å². The minimum absolute atomic E-state index is 0.763. The highest BCUT2D eigenvalue weighted by Gasteiger charge is 2.88. The first-order chi connectivity index (χ1) is 24.3. The quantitative estimate of drug-likeness (QED) is 0.127. The molecule has 0 bridgehead atoms. The first-order valence-corrected chi connectivity index (χ1v) is 16.0. The third-order valence-electron chi connectivity index (χ3n) is 5.82. The molecule has 0 fully saturated rings. The molecule has 0 aliphatic carbocycles. The number of alkyl halides is 27. The molecule has 0 spiro atoms. The van der Waals surface area contributed by atoms with Crippen LogP contribution in [0, 0.1) is 0 Å². The molecule has 0 saturated carbocycles. The van der Waals surface area contributed by atoms with Gasteiger partial charge in [-0.25, -0.2) is 0 Å². The summed E-state index contributed by atoms with van der Waals surface area (Å²) < 4.78 is 437. The van der Waals surface area contributed by atoms with Gasteiger partial charge in [0.15, 0.2) is 11.5 Å². The summed E-state index contributed by atoms with van der Waals surface area (Å²) in [6.07, 6.45) is -23.9. The van der Waals surface area contributed by atoms with Crippen LogP contribution in [0.5, 0.6) is 17.2 Å². The average molecular weight is 972 g/mol. The van der Waals surface area contributed by atoms with Crippen molar-refractivity contribution in [1.29, 1.82) is 0 Å². The lowest BCUT2D eigenvalue weighted by Crippen LogP contribution is -2.64. The van der Waals surface area contributed by atoms with Crippen LogP contribution < -0.4 is 12.5 Å². The summed E-state index contributed by atoms with van der Waals surface area (Å²) in [6.45, 7) is 0. The van der Waals surface area contributed by atoms with Gasteiger partial charge >= 0.3 is 100 Å². The van der Waals surface area contributed by atoms with Crippen LogP contribution in [-0.2, 0) is 30.4 Å². The first kappa shape index (κ1) is 51.6. The maximum atomic E-state index is 14.2.